The van der Waals surface area contributed by atoms with Crippen LogP contribution in [0.25, 0.3) is 0 Å². The van der Waals surface area contributed by atoms with Crippen LogP contribution in [0.15, 0.2) is 23.3 Å². The number of fused-ring (bicyclic) bond motifs is 2. The first-order valence-electron chi connectivity index (χ1n) is 10.1. The molecule has 0 N–H and O–H groups in total. The fourth-order valence-corrected chi connectivity index (χ4v) is 4.85. The van der Waals surface area contributed by atoms with Gasteiger partial charge in [0.05, 0.1) is 11.7 Å². The minimum absolute atomic E-state index is 0.0551. The Morgan fingerprint density at radius 2 is 2.12 bits per heavy atom. The van der Waals surface area contributed by atoms with E-state index in [1.807, 2.05) is 0 Å². The molecule has 4 nitrogen and oxygen atoms in total. The van der Waals surface area contributed by atoms with E-state index < -0.39 is 0 Å². The molecule has 26 heavy (non-hydrogen) atoms. The van der Waals surface area contributed by atoms with Crippen molar-refractivity contribution in [3.63, 3.8) is 0 Å². The Bertz CT molecular complexity index is 550. The lowest BCUT2D eigenvalue weighted by Gasteiger charge is -2.32. The highest BCUT2D eigenvalue weighted by Gasteiger charge is 2.54. The maximum Gasteiger partial charge on any atom is 0.182 e. The third-order valence-electron chi connectivity index (χ3n) is 6.60. The van der Waals surface area contributed by atoms with Crippen LogP contribution in [0.2, 0.25) is 0 Å². The summed E-state index contributed by atoms with van der Waals surface area (Å²) in [7, 11) is 3.47. The van der Waals surface area contributed by atoms with E-state index in [1.165, 1.54) is 17.6 Å². The average molecular weight is 365 g/mol. The summed E-state index contributed by atoms with van der Waals surface area (Å²) in [5.74, 6) is 1.37. The fourth-order valence-electron chi connectivity index (χ4n) is 4.85. The van der Waals surface area contributed by atoms with Gasteiger partial charge in [-0.1, -0.05) is 24.6 Å². The van der Waals surface area contributed by atoms with Crippen molar-refractivity contribution in [2.45, 2.75) is 84.1 Å². The Kier molecular flexibility index (Phi) is 6.28. The lowest BCUT2D eigenvalue weighted by atomic mass is 9.74. The molecule has 0 aromatic heterocycles. The largest absolute Gasteiger partial charge is 0.366 e. The standard InChI is InChI=1S/C22H36O4/c1-14(2)8-7-9-15(3)16-12-13-22(4)18(26-22)11-10-17-19(16)21(24-6)25-20(17)23-5/h8,10,15-16,18-21H,7,9,11-13H2,1-6H3/b17-10+/t15-,16+,18?,19+,20+,21+,22?/m0/s1. The second kappa shape index (κ2) is 8.14. The van der Waals surface area contributed by atoms with Gasteiger partial charge in [0, 0.05) is 20.1 Å². The molecule has 2 aliphatic heterocycles. The molecule has 0 aromatic carbocycles. The zero-order valence-electron chi connectivity index (χ0n) is 17.3. The Morgan fingerprint density at radius 3 is 2.77 bits per heavy atom. The van der Waals surface area contributed by atoms with Gasteiger partial charge in [-0.2, -0.15) is 0 Å². The second-order valence-electron chi connectivity index (χ2n) is 8.73. The number of rotatable bonds is 6. The Morgan fingerprint density at radius 1 is 1.35 bits per heavy atom. The smallest absolute Gasteiger partial charge is 0.182 e. The molecule has 2 fully saturated rings. The molecule has 2 saturated heterocycles. The third-order valence-corrected chi connectivity index (χ3v) is 6.60. The van der Waals surface area contributed by atoms with Crippen molar-refractivity contribution in [2.75, 3.05) is 14.2 Å². The summed E-state index contributed by atoms with van der Waals surface area (Å²) in [5, 5.41) is 0. The molecular formula is C22H36O4. The highest BCUT2D eigenvalue weighted by Crippen LogP contribution is 2.50. The minimum atomic E-state index is -0.291. The van der Waals surface area contributed by atoms with Crippen LogP contribution in [-0.2, 0) is 18.9 Å². The van der Waals surface area contributed by atoms with E-state index in [9.17, 15) is 0 Å². The topological polar surface area (TPSA) is 40.2 Å². The quantitative estimate of drug-likeness (QED) is 0.499. The minimum Gasteiger partial charge on any atom is -0.366 e. The van der Waals surface area contributed by atoms with Gasteiger partial charge in [-0.3, -0.25) is 0 Å². The van der Waals surface area contributed by atoms with Gasteiger partial charge in [-0.05, 0) is 70.3 Å². The fraction of sp³-hybridized carbons (Fsp3) is 0.818. The van der Waals surface area contributed by atoms with Crippen molar-refractivity contribution in [1.82, 2.24) is 0 Å². The van der Waals surface area contributed by atoms with Crippen LogP contribution in [-0.4, -0.2) is 38.5 Å². The number of hydrogen-bond acceptors (Lipinski definition) is 4. The van der Waals surface area contributed by atoms with E-state index in [2.05, 4.69) is 39.8 Å². The summed E-state index contributed by atoms with van der Waals surface area (Å²) in [4.78, 5) is 0. The molecule has 4 heteroatoms. The molecule has 0 saturated carbocycles. The van der Waals surface area contributed by atoms with E-state index in [4.69, 9.17) is 18.9 Å². The van der Waals surface area contributed by atoms with E-state index in [0.717, 1.165) is 25.7 Å². The van der Waals surface area contributed by atoms with Crippen LogP contribution in [0.1, 0.15) is 59.8 Å². The summed E-state index contributed by atoms with van der Waals surface area (Å²) < 4.78 is 23.5. The zero-order valence-corrected chi connectivity index (χ0v) is 17.3. The zero-order chi connectivity index (χ0) is 18.9. The highest BCUT2D eigenvalue weighted by atomic mass is 16.8. The predicted molar refractivity (Wildman–Crippen MR) is 103 cm³/mol. The van der Waals surface area contributed by atoms with Crippen molar-refractivity contribution >= 4 is 0 Å². The highest BCUT2D eigenvalue weighted by molar-refractivity contribution is 5.20. The monoisotopic (exact) mass is 364 g/mol. The molecule has 3 rings (SSSR count). The average Bonchev–Trinajstić information content (AvgIpc) is 3.09. The number of ether oxygens (including phenoxy) is 4. The van der Waals surface area contributed by atoms with Gasteiger partial charge in [0.2, 0.25) is 0 Å². The van der Waals surface area contributed by atoms with Crippen LogP contribution in [0.3, 0.4) is 0 Å². The third kappa shape index (κ3) is 4.09. The van der Waals surface area contributed by atoms with Gasteiger partial charge in [0.1, 0.15) is 0 Å². The van der Waals surface area contributed by atoms with Crippen molar-refractivity contribution in [1.29, 1.82) is 0 Å². The van der Waals surface area contributed by atoms with Crippen molar-refractivity contribution in [3.05, 3.63) is 23.3 Å². The van der Waals surface area contributed by atoms with Crippen LogP contribution >= 0.6 is 0 Å². The van der Waals surface area contributed by atoms with E-state index >= 15 is 0 Å². The first kappa shape index (κ1) is 20.1. The van der Waals surface area contributed by atoms with Crippen LogP contribution in [0, 0.1) is 17.8 Å². The molecular weight excluding hydrogens is 328 g/mol. The van der Waals surface area contributed by atoms with E-state index in [1.54, 1.807) is 14.2 Å². The number of epoxide rings is 1. The van der Waals surface area contributed by atoms with Crippen molar-refractivity contribution in [3.8, 4) is 0 Å². The molecule has 1 aliphatic carbocycles. The first-order chi connectivity index (χ1) is 12.4. The molecule has 148 valence electrons. The molecule has 0 aromatic rings. The van der Waals surface area contributed by atoms with Gasteiger partial charge < -0.3 is 18.9 Å². The molecule has 7 atom stereocenters. The van der Waals surface area contributed by atoms with Gasteiger partial charge in [0.15, 0.2) is 12.6 Å². The molecule has 0 spiro atoms. The Labute approximate surface area is 158 Å². The molecule has 3 aliphatic rings. The number of methoxy groups -OCH3 is 2. The molecule has 0 bridgehead atoms. The van der Waals surface area contributed by atoms with E-state index in [-0.39, 0.29) is 24.1 Å². The summed E-state index contributed by atoms with van der Waals surface area (Å²) in [6.07, 6.45) is 10.0. The maximum atomic E-state index is 6.09. The molecule has 2 heterocycles. The van der Waals surface area contributed by atoms with Crippen LogP contribution in [0.4, 0.5) is 0 Å². The summed E-state index contributed by atoms with van der Waals surface area (Å²) in [6.45, 7) is 9.00. The summed E-state index contributed by atoms with van der Waals surface area (Å²) in [6, 6.07) is 0. The number of hydrogen-bond donors (Lipinski definition) is 0. The molecule has 0 amide bonds. The van der Waals surface area contributed by atoms with Gasteiger partial charge in [-0.15, -0.1) is 0 Å². The first-order valence-corrected chi connectivity index (χ1v) is 10.1. The van der Waals surface area contributed by atoms with Gasteiger partial charge in [-0.25, -0.2) is 0 Å². The maximum absolute atomic E-state index is 6.09. The number of allylic oxidation sites excluding steroid dienone is 2. The predicted octanol–water partition coefficient (Wildman–Crippen LogP) is 4.84. The molecule has 0 radical (unpaired) electrons. The van der Waals surface area contributed by atoms with E-state index in [0.29, 0.717) is 17.9 Å². The molecule has 2 unspecified atom stereocenters. The van der Waals surface area contributed by atoms with Gasteiger partial charge in [0.25, 0.3) is 0 Å². The van der Waals surface area contributed by atoms with Crippen LogP contribution in [0.5, 0.6) is 0 Å². The van der Waals surface area contributed by atoms with Crippen molar-refractivity contribution < 1.29 is 18.9 Å². The summed E-state index contributed by atoms with van der Waals surface area (Å²) >= 11 is 0. The van der Waals surface area contributed by atoms with Crippen LogP contribution < -0.4 is 0 Å². The lowest BCUT2D eigenvalue weighted by molar-refractivity contribution is -0.194. The summed E-state index contributed by atoms with van der Waals surface area (Å²) in [5.41, 5.74) is 2.71. The normalized spacial score (nSPS) is 42.4. The Balaban J connectivity index is 1.84. The van der Waals surface area contributed by atoms with Crippen molar-refractivity contribution in [2.24, 2.45) is 17.8 Å². The second-order valence-corrected chi connectivity index (χ2v) is 8.73. The lowest BCUT2D eigenvalue weighted by Crippen LogP contribution is -2.31. The SMILES string of the molecule is CO[C@@H]1O[C@@H](OC)[C@H]2/C1=C\CC1OC1(C)CC[C@@H]2[C@@H](C)CCC=C(C)C. The van der Waals surface area contributed by atoms with Gasteiger partial charge >= 0.3 is 0 Å². The Hall–Kier alpha value is -0.680.